The fourth-order valence-corrected chi connectivity index (χ4v) is 4.59. The standard InChI is InChI=1S/C23H25N3O3S/c1-29-20-10-8-17(9-11-20)14-26-19(15-27)13-24-23(26)30-16-22(28)25-12-4-6-18-5-2-3-7-21(18)25/h2-3,5,7-11,13,27H,4,6,12,14-16H2,1H3. The second kappa shape index (κ2) is 9.36. The van der Waals surface area contributed by atoms with E-state index in [0.717, 1.165) is 47.2 Å². The van der Waals surface area contributed by atoms with Crippen molar-refractivity contribution in [2.45, 2.75) is 31.1 Å². The molecule has 2 heterocycles. The van der Waals surface area contributed by atoms with Crippen LogP contribution in [0.4, 0.5) is 5.69 Å². The van der Waals surface area contributed by atoms with Crippen LogP contribution in [-0.2, 0) is 24.4 Å². The number of rotatable bonds is 7. The summed E-state index contributed by atoms with van der Waals surface area (Å²) in [6.45, 7) is 1.22. The number of hydrogen-bond donors (Lipinski definition) is 1. The number of aliphatic hydroxyl groups is 1. The number of carbonyl (C=O) groups excluding carboxylic acids is 1. The van der Waals surface area contributed by atoms with Gasteiger partial charge < -0.3 is 19.3 Å². The van der Waals surface area contributed by atoms with Gasteiger partial charge in [0.1, 0.15) is 5.75 Å². The summed E-state index contributed by atoms with van der Waals surface area (Å²) < 4.78 is 7.18. The van der Waals surface area contributed by atoms with E-state index in [2.05, 4.69) is 11.1 Å². The number of thioether (sulfide) groups is 1. The van der Waals surface area contributed by atoms with Crippen molar-refractivity contribution >= 4 is 23.4 Å². The summed E-state index contributed by atoms with van der Waals surface area (Å²) in [6.07, 6.45) is 3.67. The average Bonchev–Trinajstić information content (AvgIpc) is 3.19. The van der Waals surface area contributed by atoms with Crippen LogP contribution < -0.4 is 9.64 Å². The molecule has 1 aromatic heterocycles. The van der Waals surface area contributed by atoms with Crippen molar-refractivity contribution in [1.29, 1.82) is 0 Å². The van der Waals surface area contributed by atoms with Crippen molar-refractivity contribution in [2.24, 2.45) is 0 Å². The minimum Gasteiger partial charge on any atom is -0.497 e. The van der Waals surface area contributed by atoms with Crippen molar-refractivity contribution in [1.82, 2.24) is 9.55 Å². The number of aryl methyl sites for hydroxylation is 1. The molecule has 1 aliphatic heterocycles. The fourth-order valence-electron chi connectivity index (χ4n) is 3.71. The Morgan fingerprint density at radius 1 is 1.20 bits per heavy atom. The van der Waals surface area contributed by atoms with Crippen molar-refractivity contribution in [3.63, 3.8) is 0 Å². The molecule has 30 heavy (non-hydrogen) atoms. The van der Waals surface area contributed by atoms with Gasteiger partial charge in [-0.25, -0.2) is 4.98 Å². The van der Waals surface area contributed by atoms with Gasteiger partial charge in [0.05, 0.1) is 31.4 Å². The molecule has 1 N–H and O–H groups in total. The van der Waals surface area contributed by atoms with Gasteiger partial charge in [-0.3, -0.25) is 4.79 Å². The van der Waals surface area contributed by atoms with E-state index in [1.807, 2.05) is 51.9 Å². The maximum atomic E-state index is 13.0. The van der Waals surface area contributed by atoms with Gasteiger partial charge in [0.15, 0.2) is 5.16 Å². The third kappa shape index (κ3) is 4.37. The summed E-state index contributed by atoms with van der Waals surface area (Å²) in [5, 5.41) is 10.4. The number of anilines is 1. The molecule has 3 aromatic rings. The Morgan fingerprint density at radius 2 is 2.00 bits per heavy atom. The van der Waals surface area contributed by atoms with Crippen LogP contribution in [0.15, 0.2) is 59.9 Å². The van der Waals surface area contributed by atoms with Gasteiger partial charge in [-0.15, -0.1) is 0 Å². The SMILES string of the molecule is COc1ccc(Cn2c(CO)cnc2SCC(=O)N2CCCc3ccccc32)cc1. The molecule has 6 nitrogen and oxygen atoms in total. The van der Waals surface area contributed by atoms with E-state index in [-0.39, 0.29) is 12.5 Å². The van der Waals surface area contributed by atoms with Crippen molar-refractivity contribution in [3.05, 3.63) is 71.5 Å². The maximum absolute atomic E-state index is 13.0. The Kier molecular flexibility index (Phi) is 6.40. The first-order valence-electron chi connectivity index (χ1n) is 9.99. The molecular weight excluding hydrogens is 398 g/mol. The van der Waals surface area contributed by atoms with Gasteiger partial charge in [-0.1, -0.05) is 42.1 Å². The highest BCUT2D eigenvalue weighted by molar-refractivity contribution is 7.99. The lowest BCUT2D eigenvalue weighted by atomic mass is 10.0. The number of para-hydroxylation sites is 1. The lowest BCUT2D eigenvalue weighted by molar-refractivity contribution is -0.116. The van der Waals surface area contributed by atoms with Crippen molar-refractivity contribution in [2.75, 3.05) is 24.3 Å². The molecule has 156 valence electrons. The molecule has 1 amide bonds. The summed E-state index contributed by atoms with van der Waals surface area (Å²) in [7, 11) is 1.64. The molecule has 0 fully saturated rings. The Morgan fingerprint density at radius 3 is 2.77 bits per heavy atom. The number of hydrogen-bond acceptors (Lipinski definition) is 5. The first-order chi connectivity index (χ1) is 14.7. The Bertz CT molecular complexity index is 1020. The molecule has 2 aromatic carbocycles. The van der Waals surface area contributed by atoms with Crippen LogP contribution in [0.2, 0.25) is 0 Å². The molecule has 0 bridgehead atoms. The molecule has 0 saturated carbocycles. The number of nitrogens with zero attached hydrogens (tertiary/aromatic N) is 3. The second-order valence-corrected chi connectivity index (χ2v) is 8.13. The zero-order valence-electron chi connectivity index (χ0n) is 17.0. The number of carbonyl (C=O) groups is 1. The first kappa shape index (κ1) is 20.5. The van der Waals surface area contributed by atoms with Crippen molar-refractivity contribution < 1.29 is 14.6 Å². The van der Waals surface area contributed by atoms with Gasteiger partial charge in [0.2, 0.25) is 5.91 Å². The van der Waals surface area contributed by atoms with Gasteiger partial charge in [-0.2, -0.15) is 0 Å². The summed E-state index contributed by atoms with van der Waals surface area (Å²) in [4.78, 5) is 19.3. The molecule has 0 aliphatic carbocycles. The molecule has 4 rings (SSSR count). The van der Waals surface area contributed by atoms with E-state index >= 15 is 0 Å². The summed E-state index contributed by atoms with van der Waals surface area (Å²) in [6, 6.07) is 15.9. The van der Waals surface area contributed by atoms with Crippen LogP contribution in [0.5, 0.6) is 5.75 Å². The summed E-state index contributed by atoms with van der Waals surface area (Å²) in [5.74, 6) is 1.18. The number of benzene rings is 2. The highest BCUT2D eigenvalue weighted by atomic mass is 32.2. The largest absolute Gasteiger partial charge is 0.497 e. The Balaban J connectivity index is 1.47. The minimum atomic E-state index is -0.100. The number of methoxy groups -OCH3 is 1. The topological polar surface area (TPSA) is 67.6 Å². The molecule has 0 atom stereocenters. The minimum absolute atomic E-state index is 0.0803. The predicted octanol–water partition coefficient (Wildman–Crippen LogP) is 3.50. The number of aromatic nitrogens is 2. The van der Waals surface area contributed by atoms with Crippen LogP contribution in [0.1, 0.15) is 23.2 Å². The third-order valence-electron chi connectivity index (χ3n) is 5.30. The quantitative estimate of drug-likeness (QED) is 0.589. The zero-order valence-corrected chi connectivity index (χ0v) is 17.8. The summed E-state index contributed by atoms with van der Waals surface area (Å²) >= 11 is 1.41. The first-order valence-corrected chi connectivity index (χ1v) is 11.0. The molecule has 7 heteroatoms. The highest BCUT2D eigenvalue weighted by Gasteiger charge is 2.23. The Hall–Kier alpha value is -2.77. The van der Waals surface area contributed by atoms with E-state index in [1.165, 1.54) is 17.3 Å². The molecule has 1 aliphatic rings. The average molecular weight is 424 g/mol. The molecule has 0 radical (unpaired) electrons. The zero-order chi connectivity index (χ0) is 20.9. The summed E-state index contributed by atoms with van der Waals surface area (Å²) in [5.41, 5.74) is 4.04. The van der Waals surface area contributed by atoms with E-state index in [0.29, 0.717) is 12.3 Å². The van der Waals surface area contributed by atoms with Crippen LogP contribution in [0.25, 0.3) is 0 Å². The third-order valence-corrected chi connectivity index (χ3v) is 6.27. The molecule has 0 unspecified atom stereocenters. The van der Waals surface area contributed by atoms with E-state index in [1.54, 1.807) is 13.3 Å². The predicted molar refractivity (Wildman–Crippen MR) is 118 cm³/mol. The maximum Gasteiger partial charge on any atom is 0.237 e. The van der Waals surface area contributed by atoms with Gasteiger partial charge in [0, 0.05) is 18.8 Å². The lowest BCUT2D eigenvalue weighted by Gasteiger charge is -2.29. The number of imidazole rings is 1. The number of fused-ring (bicyclic) bond motifs is 1. The number of aliphatic hydroxyl groups excluding tert-OH is 1. The van der Waals surface area contributed by atoms with Gasteiger partial charge in [-0.05, 0) is 42.2 Å². The van der Waals surface area contributed by atoms with E-state index in [4.69, 9.17) is 4.74 Å². The van der Waals surface area contributed by atoms with Crippen LogP contribution in [0.3, 0.4) is 0 Å². The Labute approximate surface area is 180 Å². The molecule has 0 spiro atoms. The smallest absolute Gasteiger partial charge is 0.237 e. The monoisotopic (exact) mass is 423 g/mol. The van der Waals surface area contributed by atoms with Crippen LogP contribution in [-0.4, -0.2) is 40.0 Å². The highest BCUT2D eigenvalue weighted by Crippen LogP contribution is 2.28. The molecular formula is C23H25N3O3S. The normalized spacial score (nSPS) is 13.2. The van der Waals surface area contributed by atoms with Crippen LogP contribution >= 0.6 is 11.8 Å². The molecule has 0 saturated heterocycles. The van der Waals surface area contributed by atoms with Gasteiger partial charge in [0.25, 0.3) is 0 Å². The second-order valence-electron chi connectivity index (χ2n) is 7.19. The number of amides is 1. The number of ether oxygens (including phenoxy) is 1. The van der Waals surface area contributed by atoms with E-state index in [9.17, 15) is 9.90 Å². The van der Waals surface area contributed by atoms with Crippen LogP contribution in [0, 0.1) is 0 Å². The van der Waals surface area contributed by atoms with E-state index < -0.39 is 0 Å². The van der Waals surface area contributed by atoms with Gasteiger partial charge >= 0.3 is 0 Å². The lowest BCUT2D eigenvalue weighted by Crippen LogP contribution is -2.36. The van der Waals surface area contributed by atoms with Crippen molar-refractivity contribution in [3.8, 4) is 5.75 Å². The fraction of sp³-hybridized carbons (Fsp3) is 0.304.